The zero-order valence-electron chi connectivity index (χ0n) is 29.2. The first-order valence-electron chi connectivity index (χ1n) is 17.8. The van der Waals surface area contributed by atoms with Gasteiger partial charge in [-0.25, -0.2) is 14.0 Å². The fourth-order valence-corrected chi connectivity index (χ4v) is 7.98. The van der Waals surface area contributed by atoms with E-state index in [0.29, 0.717) is 57.6 Å². The number of aromatic nitrogens is 1. The van der Waals surface area contributed by atoms with Crippen molar-refractivity contribution in [2.45, 2.75) is 50.7 Å². The van der Waals surface area contributed by atoms with Gasteiger partial charge in [0.25, 0.3) is 0 Å². The van der Waals surface area contributed by atoms with E-state index in [1.807, 2.05) is 12.1 Å². The summed E-state index contributed by atoms with van der Waals surface area (Å²) in [6, 6.07) is 16.2. The van der Waals surface area contributed by atoms with Crippen LogP contribution in [0.5, 0.6) is 11.5 Å². The normalized spacial score (nSPS) is 19.7. The van der Waals surface area contributed by atoms with Gasteiger partial charge in [0.05, 0.1) is 31.5 Å². The maximum absolute atomic E-state index is 15.4. The van der Waals surface area contributed by atoms with Crippen molar-refractivity contribution in [2.24, 2.45) is 11.8 Å². The number of para-hydroxylation sites is 1. The molecule has 2 bridgehead atoms. The largest absolute Gasteiger partial charge is 0.619 e. The monoisotopic (exact) mass is 763 g/mol. The number of ether oxygens (including phenoxy) is 3. The van der Waals surface area contributed by atoms with Crippen molar-refractivity contribution in [1.29, 1.82) is 0 Å². The number of carboxylic acid groups (broad SMARTS) is 1. The molecule has 2 atom stereocenters. The van der Waals surface area contributed by atoms with Crippen LogP contribution >= 0.6 is 23.2 Å². The van der Waals surface area contributed by atoms with Crippen LogP contribution < -0.4 is 19.1 Å². The lowest BCUT2D eigenvalue weighted by Crippen LogP contribution is -2.53. The Morgan fingerprint density at radius 3 is 2.40 bits per heavy atom. The molecule has 1 aromatic heterocycles. The third-order valence-corrected chi connectivity index (χ3v) is 11.2. The summed E-state index contributed by atoms with van der Waals surface area (Å²) in [7, 11) is 1.55. The van der Waals surface area contributed by atoms with E-state index in [4.69, 9.17) is 37.4 Å². The van der Waals surface area contributed by atoms with Gasteiger partial charge >= 0.3 is 12.1 Å². The molecule has 4 aliphatic rings. The molecule has 4 aromatic rings. The molecule has 3 aromatic carbocycles. The number of carbonyl (C=O) groups is 2. The number of aromatic carboxylic acids is 1. The number of nitrogens with zero attached hydrogens (tertiary/aromatic N) is 3. The molecule has 3 aliphatic heterocycles. The number of hydrogen-bond acceptors (Lipinski definition) is 7. The molecule has 1 amide bonds. The summed E-state index contributed by atoms with van der Waals surface area (Å²) < 4.78 is 33.7. The van der Waals surface area contributed by atoms with Crippen molar-refractivity contribution in [2.75, 3.05) is 38.3 Å². The van der Waals surface area contributed by atoms with E-state index in [-0.39, 0.29) is 46.3 Å². The molecular weight excluding hydrogens is 724 g/mol. The van der Waals surface area contributed by atoms with E-state index in [2.05, 4.69) is 4.90 Å². The first kappa shape index (κ1) is 36.8. The Bertz CT molecular complexity index is 1980. The Hall–Kier alpha value is -4.58. The van der Waals surface area contributed by atoms with Gasteiger partial charge in [0.1, 0.15) is 22.0 Å². The van der Waals surface area contributed by atoms with E-state index in [1.165, 1.54) is 35.5 Å². The molecule has 0 radical (unpaired) electrons. The zero-order chi connectivity index (χ0) is 37.2. The van der Waals surface area contributed by atoms with Crippen LogP contribution in [0, 0.1) is 22.9 Å². The Balaban J connectivity index is 1.29. The summed E-state index contributed by atoms with van der Waals surface area (Å²) in [4.78, 5) is 30.3. The standard InChI is InChI=1S/C40H40Cl2FN3O7/c1-51-36-11-9-27(17-37(36)52-23-24-6-7-24)29(18-31-32(41)20-45(50)21-33(31)42)30-16-25(8-10-28(30)39(47)48)19-46(35-5-3-2-4-34(35)43)40(49)53-38-22-44-14-12-26(38)13-15-44/h2-5,8-11,16-17,20-21,24,26,29,38H,6-7,12-15,18-19,22-23H2,1H3,(H,47,48)/t29-,38+/m1/s1. The number of methoxy groups -OCH3 is 1. The van der Waals surface area contributed by atoms with Crippen molar-refractivity contribution in [3.8, 4) is 11.5 Å². The van der Waals surface area contributed by atoms with Gasteiger partial charge in [-0.05, 0) is 104 Å². The number of halogens is 3. The van der Waals surface area contributed by atoms with Gasteiger partial charge in [-0.3, -0.25) is 9.80 Å². The molecule has 4 fully saturated rings. The highest BCUT2D eigenvalue weighted by Crippen LogP contribution is 2.41. The van der Waals surface area contributed by atoms with Gasteiger partial charge in [0.15, 0.2) is 23.9 Å². The second-order valence-electron chi connectivity index (χ2n) is 14.0. The third-order valence-electron chi connectivity index (χ3n) is 10.5. The number of rotatable bonds is 13. The number of benzene rings is 3. The van der Waals surface area contributed by atoms with Crippen molar-refractivity contribution in [1.82, 2.24) is 4.90 Å². The molecule has 0 unspecified atom stereocenters. The molecule has 1 saturated carbocycles. The van der Waals surface area contributed by atoms with Gasteiger partial charge in [-0.15, -0.1) is 0 Å². The van der Waals surface area contributed by atoms with Crippen molar-refractivity contribution in [3.63, 3.8) is 0 Å². The summed E-state index contributed by atoms with van der Waals surface area (Å²) in [5.74, 6) is -0.739. The molecule has 1 N–H and O–H groups in total. The van der Waals surface area contributed by atoms with Crippen LogP contribution in [0.2, 0.25) is 10.0 Å². The predicted molar refractivity (Wildman–Crippen MR) is 198 cm³/mol. The lowest BCUT2D eigenvalue weighted by atomic mass is 9.82. The first-order chi connectivity index (χ1) is 25.6. The highest BCUT2D eigenvalue weighted by molar-refractivity contribution is 6.35. The van der Waals surface area contributed by atoms with Gasteiger partial charge in [0.2, 0.25) is 0 Å². The van der Waals surface area contributed by atoms with Gasteiger partial charge in [0, 0.05) is 18.0 Å². The summed E-state index contributed by atoms with van der Waals surface area (Å²) in [6.07, 6.45) is 5.53. The Morgan fingerprint density at radius 1 is 1.02 bits per heavy atom. The van der Waals surface area contributed by atoms with Gasteiger partial charge in [-0.2, -0.15) is 4.73 Å². The predicted octanol–water partition coefficient (Wildman–Crippen LogP) is 7.87. The Kier molecular flexibility index (Phi) is 11.0. The summed E-state index contributed by atoms with van der Waals surface area (Å²) in [5, 5.41) is 22.9. The van der Waals surface area contributed by atoms with Gasteiger partial charge < -0.3 is 24.5 Å². The van der Waals surface area contributed by atoms with E-state index in [9.17, 15) is 19.9 Å². The fraction of sp³-hybridized carbons (Fsp3) is 0.375. The van der Waals surface area contributed by atoms with Crippen LogP contribution in [0.3, 0.4) is 0 Å². The SMILES string of the molecule is COc1ccc([C@@H](Cc2c(Cl)c[n+]([O-])cc2Cl)c2cc(CN(C(=O)O[C@H]3CN4CCC3CC4)c3ccccc3F)ccc2C(=O)O)cc1OCC1CC1. The first-order valence-corrected chi connectivity index (χ1v) is 18.5. The number of carboxylic acids is 1. The van der Waals surface area contributed by atoms with E-state index >= 15 is 4.39 Å². The zero-order valence-corrected chi connectivity index (χ0v) is 30.7. The van der Waals surface area contributed by atoms with Crippen LogP contribution in [0.25, 0.3) is 0 Å². The maximum Gasteiger partial charge on any atom is 0.415 e. The molecular formula is C40H40Cl2FN3O7. The number of piperidine rings is 3. The molecule has 13 heteroatoms. The van der Waals surface area contributed by atoms with Crippen LogP contribution in [0.1, 0.15) is 64.2 Å². The summed E-state index contributed by atoms with van der Waals surface area (Å²) >= 11 is 13.2. The number of pyridine rings is 1. The topological polar surface area (TPSA) is 115 Å². The molecule has 278 valence electrons. The second kappa shape index (κ2) is 15.8. The minimum Gasteiger partial charge on any atom is -0.619 e. The highest BCUT2D eigenvalue weighted by Gasteiger charge is 2.38. The molecule has 10 nitrogen and oxygen atoms in total. The Morgan fingerprint density at radius 2 is 1.75 bits per heavy atom. The molecule has 1 aliphatic carbocycles. The number of carbonyl (C=O) groups excluding carboxylic acids is 1. The summed E-state index contributed by atoms with van der Waals surface area (Å²) in [5.41, 5.74) is 2.08. The average Bonchev–Trinajstić information content (AvgIpc) is 3.98. The molecule has 0 spiro atoms. The Labute approximate surface area is 317 Å². The van der Waals surface area contributed by atoms with Crippen LogP contribution in [-0.4, -0.2) is 61.5 Å². The van der Waals surface area contributed by atoms with E-state index in [0.717, 1.165) is 38.8 Å². The highest BCUT2D eigenvalue weighted by atomic mass is 35.5. The third kappa shape index (κ3) is 8.32. The molecule has 4 heterocycles. The van der Waals surface area contributed by atoms with Crippen LogP contribution in [-0.2, 0) is 17.7 Å². The van der Waals surface area contributed by atoms with Crippen LogP contribution in [0.4, 0.5) is 14.9 Å². The number of amides is 1. The van der Waals surface area contributed by atoms with Crippen molar-refractivity contribution in [3.05, 3.63) is 122 Å². The number of hydrogen-bond donors (Lipinski definition) is 1. The lowest BCUT2D eigenvalue weighted by Gasteiger charge is -2.44. The second-order valence-corrected chi connectivity index (χ2v) is 14.9. The van der Waals surface area contributed by atoms with Gasteiger partial charge in [-0.1, -0.05) is 53.5 Å². The minimum absolute atomic E-state index is 0.00406. The van der Waals surface area contributed by atoms with Crippen LogP contribution in [0.15, 0.2) is 73.1 Å². The molecule has 3 saturated heterocycles. The molecule has 8 rings (SSSR count). The van der Waals surface area contributed by atoms with Crippen molar-refractivity contribution < 1.29 is 38.0 Å². The molecule has 53 heavy (non-hydrogen) atoms. The number of fused-ring (bicyclic) bond motifs is 3. The fourth-order valence-electron chi connectivity index (χ4n) is 7.38. The van der Waals surface area contributed by atoms with E-state index in [1.54, 1.807) is 37.4 Å². The maximum atomic E-state index is 15.4. The average molecular weight is 765 g/mol. The van der Waals surface area contributed by atoms with E-state index < -0.39 is 23.8 Å². The lowest BCUT2D eigenvalue weighted by molar-refractivity contribution is -0.605. The minimum atomic E-state index is -1.18. The van der Waals surface area contributed by atoms with Crippen molar-refractivity contribution >= 4 is 41.0 Å². The number of anilines is 1. The smallest absolute Gasteiger partial charge is 0.415 e. The summed E-state index contributed by atoms with van der Waals surface area (Å²) in [6.45, 7) is 2.97. The quantitative estimate of drug-likeness (QED) is 0.108.